The molecule has 0 unspecified atom stereocenters. The summed E-state index contributed by atoms with van der Waals surface area (Å²) in [7, 11) is 0. The molecule has 108 valence electrons. The predicted octanol–water partition coefficient (Wildman–Crippen LogP) is 3.76. The molecule has 0 heterocycles. The number of carbonyl (C=O) groups excluding carboxylic acids is 2. The standard InChI is InChI=1S/C17H16BrNO2/c1-12(20)19-16-8-4-14(5-9-16)11-17(21)10-13-2-6-15(18)7-3-13/h2-9H,10-11H2,1H3,(H,19,20). The number of carbonyl (C=O) groups is 2. The van der Waals surface area contributed by atoms with Crippen LogP contribution in [0.5, 0.6) is 0 Å². The zero-order chi connectivity index (χ0) is 15.2. The topological polar surface area (TPSA) is 46.2 Å². The summed E-state index contributed by atoms with van der Waals surface area (Å²) in [5, 5.41) is 2.70. The second-order valence-corrected chi connectivity index (χ2v) is 5.81. The van der Waals surface area contributed by atoms with Crippen molar-refractivity contribution in [1.82, 2.24) is 0 Å². The summed E-state index contributed by atoms with van der Waals surface area (Å²) in [5.74, 6) is 0.0682. The maximum atomic E-state index is 12.0. The van der Waals surface area contributed by atoms with Gasteiger partial charge in [0.25, 0.3) is 0 Å². The van der Waals surface area contributed by atoms with Crippen LogP contribution in [0, 0.1) is 0 Å². The van der Waals surface area contributed by atoms with Gasteiger partial charge in [0.05, 0.1) is 0 Å². The lowest BCUT2D eigenvalue weighted by Crippen LogP contribution is -2.08. The van der Waals surface area contributed by atoms with Crippen LogP contribution in [-0.2, 0) is 22.4 Å². The Morgan fingerprint density at radius 1 is 0.905 bits per heavy atom. The van der Waals surface area contributed by atoms with E-state index in [4.69, 9.17) is 0 Å². The van der Waals surface area contributed by atoms with E-state index in [1.807, 2.05) is 48.5 Å². The fraction of sp³-hybridized carbons (Fsp3) is 0.176. The van der Waals surface area contributed by atoms with Crippen molar-refractivity contribution in [2.24, 2.45) is 0 Å². The highest BCUT2D eigenvalue weighted by Gasteiger charge is 2.06. The van der Waals surface area contributed by atoms with Gasteiger partial charge < -0.3 is 5.32 Å². The van der Waals surface area contributed by atoms with Crippen molar-refractivity contribution < 1.29 is 9.59 Å². The van der Waals surface area contributed by atoms with E-state index in [1.165, 1.54) is 6.92 Å². The molecule has 21 heavy (non-hydrogen) atoms. The number of anilines is 1. The molecule has 0 aliphatic carbocycles. The fourth-order valence-electron chi connectivity index (χ4n) is 2.03. The quantitative estimate of drug-likeness (QED) is 0.896. The molecule has 0 bridgehead atoms. The number of ketones is 1. The molecule has 0 aliphatic heterocycles. The van der Waals surface area contributed by atoms with Gasteiger partial charge in [-0.05, 0) is 35.4 Å². The van der Waals surface area contributed by atoms with Crippen molar-refractivity contribution in [3.8, 4) is 0 Å². The maximum absolute atomic E-state index is 12.0. The molecule has 0 atom stereocenters. The number of amides is 1. The minimum atomic E-state index is -0.103. The van der Waals surface area contributed by atoms with E-state index in [1.54, 1.807) is 0 Å². The lowest BCUT2D eigenvalue weighted by atomic mass is 10.0. The second kappa shape index (κ2) is 7.18. The van der Waals surface area contributed by atoms with E-state index < -0.39 is 0 Å². The van der Waals surface area contributed by atoms with Crippen LogP contribution in [0.2, 0.25) is 0 Å². The summed E-state index contributed by atoms with van der Waals surface area (Å²) in [5.41, 5.74) is 2.70. The summed E-state index contributed by atoms with van der Waals surface area (Å²) in [6.45, 7) is 1.47. The first-order valence-corrected chi connectivity index (χ1v) is 7.45. The van der Waals surface area contributed by atoms with Gasteiger partial charge in [0.15, 0.2) is 0 Å². The zero-order valence-corrected chi connectivity index (χ0v) is 13.3. The highest BCUT2D eigenvalue weighted by Crippen LogP contribution is 2.13. The second-order valence-electron chi connectivity index (χ2n) is 4.90. The lowest BCUT2D eigenvalue weighted by molar-refractivity contribution is -0.118. The third-order valence-corrected chi connectivity index (χ3v) is 3.52. The fourth-order valence-corrected chi connectivity index (χ4v) is 2.29. The number of rotatable bonds is 5. The number of nitrogens with one attached hydrogen (secondary N) is 1. The summed E-state index contributed by atoms with van der Waals surface area (Å²) in [6, 6.07) is 15.1. The summed E-state index contributed by atoms with van der Waals surface area (Å²) in [4.78, 5) is 23.0. The van der Waals surface area contributed by atoms with Gasteiger partial charge in [0, 0.05) is 29.9 Å². The molecule has 0 aliphatic rings. The van der Waals surface area contributed by atoms with Crippen LogP contribution in [0.15, 0.2) is 53.0 Å². The van der Waals surface area contributed by atoms with E-state index in [0.29, 0.717) is 12.8 Å². The Morgan fingerprint density at radius 2 is 1.38 bits per heavy atom. The van der Waals surface area contributed by atoms with Crippen molar-refractivity contribution in [2.75, 3.05) is 5.32 Å². The minimum absolute atomic E-state index is 0.103. The third kappa shape index (κ3) is 5.16. The number of Topliss-reactive ketones (excluding diaryl/α,β-unsaturated/α-hetero) is 1. The molecule has 2 rings (SSSR count). The number of hydrogen-bond donors (Lipinski definition) is 1. The van der Waals surface area contributed by atoms with Gasteiger partial charge in [-0.1, -0.05) is 40.2 Å². The summed E-state index contributed by atoms with van der Waals surface area (Å²) >= 11 is 3.37. The van der Waals surface area contributed by atoms with E-state index >= 15 is 0 Å². The first-order chi connectivity index (χ1) is 10.0. The van der Waals surface area contributed by atoms with Gasteiger partial charge in [0.1, 0.15) is 5.78 Å². The van der Waals surface area contributed by atoms with Gasteiger partial charge in [-0.15, -0.1) is 0 Å². The smallest absolute Gasteiger partial charge is 0.221 e. The summed E-state index contributed by atoms with van der Waals surface area (Å²) < 4.78 is 1.01. The van der Waals surface area contributed by atoms with Crippen molar-refractivity contribution in [1.29, 1.82) is 0 Å². The van der Waals surface area contributed by atoms with Gasteiger partial charge in [-0.25, -0.2) is 0 Å². The van der Waals surface area contributed by atoms with E-state index in [0.717, 1.165) is 21.3 Å². The highest BCUT2D eigenvalue weighted by molar-refractivity contribution is 9.10. The van der Waals surface area contributed by atoms with Crippen LogP contribution in [0.4, 0.5) is 5.69 Å². The largest absolute Gasteiger partial charge is 0.326 e. The van der Waals surface area contributed by atoms with Gasteiger partial charge in [0.2, 0.25) is 5.91 Å². The van der Waals surface area contributed by atoms with Crippen molar-refractivity contribution in [3.63, 3.8) is 0 Å². The molecule has 1 N–H and O–H groups in total. The highest BCUT2D eigenvalue weighted by atomic mass is 79.9. The Hall–Kier alpha value is -1.94. The molecule has 1 amide bonds. The average Bonchev–Trinajstić information content (AvgIpc) is 2.43. The van der Waals surface area contributed by atoms with Gasteiger partial charge >= 0.3 is 0 Å². The first kappa shape index (κ1) is 15.4. The average molecular weight is 346 g/mol. The van der Waals surface area contributed by atoms with Gasteiger partial charge in [-0.2, -0.15) is 0 Å². The molecule has 2 aromatic rings. The molecule has 0 saturated heterocycles. The van der Waals surface area contributed by atoms with E-state index in [2.05, 4.69) is 21.2 Å². The number of benzene rings is 2. The Kier molecular flexibility index (Phi) is 5.28. The molecule has 0 saturated carbocycles. The van der Waals surface area contributed by atoms with Gasteiger partial charge in [-0.3, -0.25) is 9.59 Å². The SMILES string of the molecule is CC(=O)Nc1ccc(CC(=O)Cc2ccc(Br)cc2)cc1. The zero-order valence-electron chi connectivity index (χ0n) is 11.7. The number of hydrogen-bond acceptors (Lipinski definition) is 2. The molecule has 0 aromatic heterocycles. The molecule has 4 heteroatoms. The predicted molar refractivity (Wildman–Crippen MR) is 87.3 cm³/mol. The third-order valence-electron chi connectivity index (χ3n) is 2.99. The number of halogens is 1. The van der Waals surface area contributed by atoms with Crippen LogP contribution < -0.4 is 5.32 Å². The molecular formula is C17H16BrNO2. The molecule has 3 nitrogen and oxygen atoms in total. The van der Waals surface area contributed by atoms with Crippen LogP contribution in [-0.4, -0.2) is 11.7 Å². The first-order valence-electron chi connectivity index (χ1n) is 6.65. The Labute approximate surface area is 132 Å². The summed E-state index contributed by atoms with van der Waals surface area (Å²) in [6.07, 6.45) is 0.830. The van der Waals surface area contributed by atoms with Crippen LogP contribution in [0.1, 0.15) is 18.1 Å². The monoisotopic (exact) mass is 345 g/mol. The van der Waals surface area contributed by atoms with Crippen molar-refractivity contribution >= 4 is 33.3 Å². The Bertz CT molecular complexity index is 633. The maximum Gasteiger partial charge on any atom is 0.221 e. The van der Waals surface area contributed by atoms with E-state index in [-0.39, 0.29) is 11.7 Å². The molecule has 0 fully saturated rings. The van der Waals surface area contributed by atoms with Crippen LogP contribution >= 0.6 is 15.9 Å². The normalized spacial score (nSPS) is 10.2. The minimum Gasteiger partial charge on any atom is -0.326 e. The molecule has 0 spiro atoms. The van der Waals surface area contributed by atoms with Crippen LogP contribution in [0.3, 0.4) is 0 Å². The lowest BCUT2D eigenvalue weighted by Gasteiger charge is -2.05. The molecule has 0 radical (unpaired) electrons. The van der Waals surface area contributed by atoms with Crippen LogP contribution in [0.25, 0.3) is 0 Å². The van der Waals surface area contributed by atoms with E-state index in [9.17, 15) is 9.59 Å². The Balaban J connectivity index is 1.93. The van der Waals surface area contributed by atoms with Crippen molar-refractivity contribution in [3.05, 3.63) is 64.1 Å². The molecule has 2 aromatic carbocycles. The van der Waals surface area contributed by atoms with Crippen molar-refractivity contribution in [2.45, 2.75) is 19.8 Å². The molecular weight excluding hydrogens is 330 g/mol. The Morgan fingerprint density at radius 3 is 1.86 bits per heavy atom.